The zero-order valence-electron chi connectivity index (χ0n) is 16.1. The van der Waals surface area contributed by atoms with Crippen molar-refractivity contribution in [1.29, 1.82) is 0 Å². The highest BCUT2D eigenvalue weighted by Gasteiger charge is 2.48. The molecule has 2 aliphatic heterocycles. The van der Waals surface area contributed by atoms with E-state index in [9.17, 15) is 13.6 Å². The van der Waals surface area contributed by atoms with Crippen LogP contribution in [0.1, 0.15) is 58.1 Å². The molecule has 1 N–H and O–H groups in total. The van der Waals surface area contributed by atoms with Crippen LogP contribution in [0, 0.1) is 0 Å². The molecule has 3 heterocycles. The number of hydrogen-bond acceptors (Lipinski definition) is 5. The Morgan fingerprint density at radius 2 is 2.19 bits per heavy atom. The predicted octanol–water partition coefficient (Wildman–Crippen LogP) is 4.21. The summed E-state index contributed by atoms with van der Waals surface area (Å²) in [6.07, 6.45) is 0.531. The van der Waals surface area contributed by atoms with Gasteiger partial charge in [-0.2, -0.15) is 0 Å². The van der Waals surface area contributed by atoms with Crippen molar-refractivity contribution in [2.75, 3.05) is 17.6 Å². The number of carbonyl (C=O) groups excluding carboxylic acids is 1. The van der Waals surface area contributed by atoms with Crippen molar-refractivity contribution in [2.45, 2.75) is 64.1 Å². The lowest BCUT2D eigenvalue weighted by Crippen LogP contribution is -2.48. The molecule has 1 aromatic rings. The number of aromatic nitrogens is 1. The van der Waals surface area contributed by atoms with Crippen LogP contribution in [0.3, 0.4) is 0 Å². The second-order valence-corrected chi connectivity index (χ2v) is 9.06. The molecule has 8 heteroatoms. The average Bonchev–Trinajstić information content (AvgIpc) is 3.22. The summed E-state index contributed by atoms with van der Waals surface area (Å²) in [6.45, 7) is 8.43. The minimum atomic E-state index is -2.72. The van der Waals surface area contributed by atoms with Crippen molar-refractivity contribution in [3.05, 3.63) is 23.4 Å². The third-order valence-corrected chi connectivity index (χ3v) is 5.77. The van der Waals surface area contributed by atoms with Crippen molar-refractivity contribution < 1.29 is 13.6 Å². The van der Waals surface area contributed by atoms with Crippen molar-refractivity contribution in [2.24, 2.45) is 4.99 Å². The normalized spacial score (nSPS) is 25.4. The van der Waals surface area contributed by atoms with E-state index in [-0.39, 0.29) is 28.6 Å². The second-order valence-electron chi connectivity index (χ2n) is 8.23. The van der Waals surface area contributed by atoms with Gasteiger partial charge in [0.2, 0.25) is 0 Å². The van der Waals surface area contributed by atoms with Gasteiger partial charge in [0.15, 0.2) is 5.54 Å². The maximum atomic E-state index is 13.9. The number of rotatable bonds is 4. The number of anilines is 1. The van der Waals surface area contributed by atoms with E-state index in [4.69, 9.17) is 0 Å². The Morgan fingerprint density at radius 1 is 1.44 bits per heavy atom. The van der Waals surface area contributed by atoms with E-state index in [1.807, 2.05) is 27.7 Å². The fourth-order valence-electron chi connectivity index (χ4n) is 3.62. The van der Waals surface area contributed by atoms with Gasteiger partial charge in [-0.05, 0) is 46.6 Å². The van der Waals surface area contributed by atoms with Crippen LogP contribution in [0.5, 0.6) is 0 Å². The smallest absolute Gasteiger partial charge is 0.264 e. The lowest BCUT2D eigenvalue weighted by Gasteiger charge is -2.33. The topological polar surface area (TPSA) is 57.6 Å². The van der Waals surface area contributed by atoms with Gasteiger partial charge in [0, 0.05) is 41.2 Å². The number of aliphatic imine (C=N–C) groups is 1. The Morgan fingerprint density at radius 3 is 2.70 bits per heavy atom. The molecule has 1 saturated heterocycles. The maximum absolute atomic E-state index is 13.9. The number of pyridine rings is 1. The molecule has 2 atom stereocenters. The fraction of sp³-hybridized carbons (Fsp3) is 0.632. The first kappa shape index (κ1) is 20.0. The van der Waals surface area contributed by atoms with Crippen LogP contribution in [-0.4, -0.2) is 45.2 Å². The highest BCUT2D eigenvalue weighted by Crippen LogP contribution is 2.42. The molecule has 5 nitrogen and oxygen atoms in total. The first-order valence-corrected chi connectivity index (χ1v) is 10.2. The molecule has 0 radical (unpaired) electrons. The third kappa shape index (κ3) is 3.95. The molecule has 27 heavy (non-hydrogen) atoms. The predicted molar refractivity (Wildman–Crippen MR) is 106 cm³/mol. The molecule has 0 aliphatic carbocycles. The molecule has 0 bridgehead atoms. The molecule has 0 aromatic carbocycles. The van der Waals surface area contributed by atoms with Gasteiger partial charge in [-0.1, -0.05) is 0 Å². The summed E-state index contributed by atoms with van der Waals surface area (Å²) in [5.41, 5.74) is -0.00968. The number of likely N-dealkylation sites (tertiary alicyclic amines) is 1. The standard InChI is InChI=1S/C19H26F2N4OS/c1-12-6-5-7-25(12)17(26)19(10-27-11-23-19)14-9-22-15(24-18(2,3)4)8-13(14)16(20)21/h8-9,11-12,16H,5-7,10H2,1-4H3,(H,22,24). The molecule has 3 rings (SSSR count). The first-order chi connectivity index (χ1) is 12.6. The van der Waals surface area contributed by atoms with Crippen molar-refractivity contribution in [3.63, 3.8) is 0 Å². The van der Waals surface area contributed by atoms with E-state index < -0.39 is 12.0 Å². The van der Waals surface area contributed by atoms with Crippen LogP contribution >= 0.6 is 11.8 Å². The van der Waals surface area contributed by atoms with Gasteiger partial charge in [0.25, 0.3) is 12.3 Å². The van der Waals surface area contributed by atoms with Gasteiger partial charge in [0.1, 0.15) is 5.82 Å². The van der Waals surface area contributed by atoms with Crippen LogP contribution in [0.15, 0.2) is 17.3 Å². The minimum Gasteiger partial charge on any atom is -0.365 e. The number of nitrogens with one attached hydrogen (secondary N) is 1. The number of carbonyl (C=O) groups is 1. The van der Waals surface area contributed by atoms with Gasteiger partial charge in [-0.3, -0.25) is 9.79 Å². The summed E-state index contributed by atoms with van der Waals surface area (Å²) in [5.74, 6) is 0.491. The summed E-state index contributed by atoms with van der Waals surface area (Å²) in [4.78, 5) is 23.9. The van der Waals surface area contributed by atoms with Gasteiger partial charge in [0.05, 0.1) is 5.55 Å². The molecule has 2 unspecified atom stereocenters. The summed E-state index contributed by atoms with van der Waals surface area (Å²) >= 11 is 1.37. The maximum Gasteiger partial charge on any atom is 0.264 e. The monoisotopic (exact) mass is 396 g/mol. The van der Waals surface area contributed by atoms with E-state index in [1.165, 1.54) is 24.0 Å². The molecule has 1 fully saturated rings. The summed E-state index contributed by atoms with van der Waals surface area (Å²) in [6, 6.07) is 1.45. The molecule has 0 spiro atoms. The zero-order chi connectivity index (χ0) is 19.8. The van der Waals surface area contributed by atoms with Gasteiger partial charge < -0.3 is 10.2 Å². The summed E-state index contributed by atoms with van der Waals surface area (Å²) < 4.78 is 27.9. The lowest BCUT2D eigenvalue weighted by molar-refractivity contribution is -0.136. The number of halogens is 2. The van der Waals surface area contributed by atoms with Gasteiger partial charge in [-0.15, -0.1) is 11.8 Å². The van der Waals surface area contributed by atoms with Crippen LogP contribution < -0.4 is 5.32 Å². The molecular formula is C19H26F2N4OS. The molecule has 0 saturated carbocycles. The number of amides is 1. The van der Waals surface area contributed by atoms with Crippen LogP contribution in [-0.2, 0) is 10.3 Å². The third-order valence-electron chi connectivity index (χ3n) is 4.93. The Kier molecular flexibility index (Phi) is 5.47. The average molecular weight is 397 g/mol. The summed E-state index contributed by atoms with van der Waals surface area (Å²) in [5, 5.41) is 3.11. The van der Waals surface area contributed by atoms with E-state index in [2.05, 4.69) is 15.3 Å². The first-order valence-electron chi connectivity index (χ1n) is 9.17. The minimum absolute atomic E-state index is 0.0972. The molecule has 1 aromatic heterocycles. The van der Waals surface area contributed by atoms with E-state index in [0.717, 1.165) is 12.8 Å². The molecule has 148 valence electrons. The van der Waals surface area contributed by atoms with E-state index in [1.54, 1.807) is 10.4 Å². The Hall–Kier alpha value is -1.70. The van der Waals surface area contributed by atoms with Gasteiger partial charge in [-0.25, -0.2) is 13.8 Å². The van der Waals surface area contributed by atoms with Crippen molar-refractivity contribution >= 4 is 29.0 Å². The van der Waals surface area contributed by atoms with E-state index >= 15 is 0 Å². The molecule has 2 aliphatic rings. The van der Waals surface area contributed by atoms with Crippen molar-refractivity contribution in [3.8, 4) is 0 Å². The lowest BCUT2D eigenvalue weighted by atomic mass is 9.88. The largest absolute Gasteiger partial charge is 0.365 e. The summed E-state index contributed by atoms with van der Waals surface area (Å²) in [7, 11) is 0. The zero-order valence-corrected chi connectivity index (χ0v) is 16.9. The van der Waals surface area contributed by atoms with Crippen LogP contribution in [0.2, 0.25) is 0 Å². The van der Waals surface area contributed by atoms with Crippen LogP contribution in [0.25, 0.3) is 0 Å². The highest BCUT2D eigenvalue weighted by molar-refractivity contribution is 8.12. The number of hydrogen-bond donors (Lipinski definition) is 1. The Labute approximate surface area is 163 Å². The Bertz CT molecular complexity index is 750. The molecular weight excluding hydrogens is 370 g/mol. The quantitative estimate of drug-likeness (QED) is 0.828. The van der Waals surface area contributed by atoms with Gasteiger partial charge >= 0.3 is 0 Å². The number of alkyl halides is 2. The SMILES string of the molecule is CC1CCCN1C(=O)C1(c2cnc(NC(C)(C)C)cc2C(F)F)CSC=N1. The number of thioether (sulfide) groups is 1. The fourth-order valence-corrected chi connectivity index (χ4v) is 4.55. The second kappa shape index (κ2) is 7.37. The van der Waals surface area contributed by atoms with E-state index in [0.29, 0.717) is 18.1 Å². The number of nitrogens with zero attached hydrogens (tertiary/aromatic N) is 3. The molecule has 1 amide bonds. The van der Waals surface area contributed by atoms with Crippen LogP contribution in [0.4, 0.5) is 14.6 Å². The highest BCUT2D eigenvalue weighted by atomic mass is 32.2. The Balaban J connectivity index is 2.05. The van der Waals surface area contributed by atoms with Crippen molar-refractivity contribution in [1.82, 2.24) is 9.88 Å².